The molecule has 3 heteroatoms. The maximum atomic E-state index is 10.2. The molecule has 1 saturated heterocycles. The van der Waals surface area contributed by atoms with Crippen molar-refractivity contribution in [3.63, 3.8) is 0 Å². The van der Waals surface area contributed by atoms with Gasteiger partial charge in [0.2, 0.25) is 0 Å². The van der Waals surface area contributed by atoms with Crippen LogP contribution in [0.2, 0.25) is 0 Å². The number of hydrogen-bond donors (Lipinski definition) is 2. The predicted octanol–water partition coefficient (Wildman–Crippen LogP) is 2.61. The van der Waals surface area contributed by atoms with Crippen molar-refractivity contribution in [1.82, 2.24) is 5.32 Å². The maximum absolute atomic E-state index is 10.2. The maximum Gasteiger partial charge on any atom is 0.0914 e. The van der Waals surface area contributed by atoms with E-state index in [0.717, 1.165) is 25.2 Å². The van der Waals surface area contributed by atoms with Gasteiger partial charge in [0.15, 0.2) is 0 Å². The van der Waals surface area contributed by atoms with Crippen LogP contribution in [0.15, 0.2) is 24.3 Å². The molecule has 19 heavy (non-hydrogen) atoms. The quantitative estimate of drug-likeness (QED) is 0.858. The van der Waals surface area contributed by atoms with E-state index < -0.39 is 6.10 Å². The molecular formula is C16H25NO2. The third kappa shape index (κ3) is 3.78. The Balaban J connectivity index is 1.90. The number of aliphatic hydroxyl groups is 1. The van der Waals surface area contributed by atoms with E-state index >= 15 is 0 Å². The van der Waals surface area contributed by atoms with Crippen molar-refractivity contribution < 1.29 is 9.84 Å². The topological polar surface area (TPSA) is 41.5 Å². The van der Waals surface area contributed by atoms with Crippen LogP contribution >= 0.6 is 0 Å². The van der Waals surface area contributed by atoms with E-state index in [4.69, 9.17) is 4.74 Å². The first-order valence-electron chi connectivity index (χ1n) is 7.11. The van der Waals surface area contributed by atoms with Crippen LogP contribution in [0.3, 0.4) is 0 Å². The molecule has 0 bridgehead atoms. The molecule has 0 aromatic heterocycles. The van der Waals surface area contributed by atoms with E-state index in [0.29, 0.717) is 12.5 Å². The zero-order valence-electron chi connectivity index (χ0n) is 12.1. The number of aliphatic hydroxyl groups excluding tert-OH is 1. The second kappa shape index (κ2) is 6.04. The zero-order chi connectivity index (χ0) is 13.9. The monoisotopic (exact) mass is 263 g/mol. The summed E-state index contributed by atoms with van der Waals surface area (Å²) in [6.45, 7) is 8.60. The predicted molar refractivity (Wildman–Crippen MR) is 77.3 cm³/mol. The molecule has 0 saturated carbocycles. The van der Waals surface area contributed by atoms with Crippen molar-refractivity contribution >= 4 is 0 Å². The highest BCUT2D eigenvalue weighted by atomic mass is 16.5. The van der Waals surface area contributed by atoms with Crippen LogP contribution in [-0.2, 0) is 4.74 Å². The van der Waals surface area contributed by atoms with E-state index in [1.54, 1.807) is 0 Å². The van der Waals surface area contributed by atoms with Crippen LogP contribution in [-0.4, -0.2) is 30.4 Å². The summed E-state index contributed by atoms with van der Waals surface area (Å²) >= 11 is 0. The Bertz CT molecular complexity index is 394. The fraction of sp³-hybridized carbons (Fsp3) is 0.625. The van der Waals surface area contributed by atoms with Gasteiger partial charge < -0.3 is 15.2 Å². The van der Waals surface area contributed by atoms with Crippen molar-refractivity contribution in [2.75, 3.05) is 19.8 Å². The molecule has 0 amide bonds. The van der Waals surface area contributed by atoms with Gasteiger partial charge in [-0.05, 0) is 30.4 Å². The average molecular weight is 263 g/mol. The van der Waals surface area contributed by atoms with Crippen LogP contribution < -0.4 is 5.32 Å². The molecule has 0 radical (unpaired) electrons. The number of hydrogen-bond acceptors (Lipinski definition) is 3. The summed E-state index contributed by atoms with van der Waals surface area (Å²) in [7, 11) is 0. The zero-order valence-corrected chi connectivity index (χ0v) is 12.1. The fourth-order valence-electron chi connectivity index (χ4n) is 2.37. The SMILES string of the molecule is CC(C)c1ccc(C(O)CNC2(C)CCOC2)cc1. The van der Waals surface area contributed by atoms with Crippen LogP contribution in [0.25, 0.3) is 0 Å². The highest BCUT2D eigenvalue weighted by Crippen LogP contribution is 2.21. The normalized spacial score (nSPS) is 24.9. The van der Waals surface area contributed by atoms with Gasteiger partial charge in [0, 0.05) is 18.7 Å². The van der Waals surface area contributed by atoms with Crippen molar-refractivity contribution in [2.24, 2.45) is 0 Å². The summed E-state index contributed by atoms with van der Waals surface area (Å²) in [4.78, 5) is 0. The highest BCUT2D eigenvalue weighted by Gasteiger charge is 2.29. The largest absolute Gasteiger partial charge is 0.387 e. The number of benzene rings is 1. The standard InChI is InChI=1S/C16H25NO2/c1-12(2)13-4-6-14(7-5-13)15(18)10-17-16(3)8-9-19-11-16/h4-7,12,15,17-18H,8-11H2,1-3H3. The molecule has 0 aliphatic carbocycles. The van der Waals surface area contributed by atoms with Crippen molar-refractivity contribution in [3.05, 3.63) is 35.4 Å². The molecule has 1 aliphatic heterocycles. The minimum absolute atomic E-state index is 0.0128. The second-order valence-corrected chi connectivity index (χ2v) is 6.08. The minimum Gasteiger partial charge on any atom is -0.387 e. The summed E-state index contributed by atoms with van der Waals surface area (Å²) in [5.41, 5.74) is 2.29. The Labute approximate surface area is 116 Å². The number of ether oxygens (including phenoxy) is 1. The minimum atomic E-state index is -0.460. The molecule has 1 fully saturated rings. The molecule has 2 rings (SSSR count). The molecule has 2 N–H and O–H groups in total. The lowest BCUT2D eigenvalue weighted by molar-refractivity contribution is 0.141. The number of rotatable bonds is 5. The Morgan fingerprint density at radius 3 is 2.42 bits per heavy atom. The summed E-state index contributed by atoms with van der Waals surface area (Å²) in [5, 5.41) is 13.6. The van der Waals surface area contributed by atoms with Gasteiger partial charge in [0.05, 0.1) is 12.7 Å². The molecule has 2 atom stereocenters. The molecule has 1 aromatic carbocycles. The Morgan fingerprint density at radius 2 is 1.89 bits per heavy atom. The van der Waals surface area contributed by atoms with Crippen molar-refractivity contribution in [1.29, 1.82) is 0 Å². The summed E-state index contributed by atoms with van der Waals surface area (Å²) in [6, 6.07) is 8.25. The lowest BCUT2D eigenvalue weighted by Gasteiger charge is -2.25. The second-order valence-electron chi connectivity index (χ2n) is 6.08. The number of β-amino-alcohol motifs (C(OH)–C–C–N with tert-alkyl or cyclic N) is 1. The van der Waals surface area contributed by atoms with Gasteiger partial charge in [-0.2, -0.15) is 0 Å². The van der Waals surface area contributed by atoms with Crippen LogP contribution in [0.4, 0.5) is 0 Å². The van der Waals surface area contributed by atoms with Gasteiger partial charge in [-0.25, -0.2) is 0 Å². The first kappa shape index (κ1) is 14.5. The first-order chi connectivity index (χ1) is 9.00. The molecule has 3 nitrogen and oxygen atoms in total. The van der Waals surface area contributed by atoms with E-state index in [1.165, 1.54) is 5.56 Å². The number of nitrogens with one attached hydrogen (secondary N) is 1. The molecule has 1 heterocycles. The third-order valence-corrected chi connectivity index (χ3v) is 3.93. The summed E-state index contributed by atoms with van der Waals surface area (Å²) in [5.74, 6) is 0.527. The van der Waals surface area contributed by atoms with Crippen LogP contribution in [0.5, 0.6) is 0 Å². The molecule has 106 valence electrons. The molecular weight excluding hydrogens is 238 g/mol. The van der Waals surface area contributed by atoms with E-state index in [9.17, 15) is 5.11 Å². The van der Waals surface area contributed by atoms with Crippen LogP contribution in [0, 0.1) is 0 Å². The Hall–Kier alpha value is -0.900. The summed E-state index contributed by atoms with van der Waals surface area (Å²) < 4.78 is 5.40. The molecule has 2 unspecified atom stereocenters. The van der Waals surface area contributed by atoms with Gasteiger partial charge in [0.25, 0.3) is 0 Å². The first-order valence-corrected chi connectivity index (χ1v) is 7.11. The van der Waals surface area contributed by atoms with Crippen LogP contribution in [0.1, 0.15) is 50.3 Å². The van der Waals surface area contributed by atoms with E-state index in [-0.39, 0.29) is 5.54 Å². The molecule has 1 aromatic rings. The third-order valence-electron chi connectivity index (χ3n) is 3.93. The molecule has 0 spiro atoms. The van der Waals surface area contributed by atoms with Crippen molar-refractivity contribution in [3.8, 4) is 0 Å². The Kier molecular flexibility index (Phi) is 4.61. The Morgan fingerprint density at radius 1 is 1.26 bits per heavy atom. The average Bonchev–Trinajstić information content (AvgIpc) is 2.83. The van der Waals surface area contributed by atoms with Gasteiger partial charge in [-0.15, -0.1) is 0 Å². The summed E-state index contributed by atoms with van der Waals surface area (Å²) in [6.07, 6.45) is 0.546. The van der Waals surface area contributed by atoms with Gasteiger partial charge >= 0.3 is 0 Å². The fourth-order valence-corrected chi connectivity index (χ4v) is 2.37. The highest BCUT2D eigenvalue weighted by molar-refractivity contribution is 5.26. The van der Waals surface area contributed by atoms with Gasteiger partial charge in [0.1, 0.15) is 0 Å². The lowest BCUT2D eigenvalue weighted by Crippen LogP contribution is -2.44. The van der Waals surface area contributed by atoms with Gasteiger partial charge in [-0.1, -0.05) is 38.1 Å². The molecule has 1 aliphatic rings. The van der Waals surface area contributed by atoms with Crippen molar-refractivity contribution in [2.45, 2.75) is 44.8 Å². The smallest absolute Gasteiger partial charge is 0.0914 e. The lowest BCUT2D eigenvalue weighted by atomic mass is 9.98. The van der Waals surface area contributed by atoms with E-state index in [2.05, 4.69) is 38.2 Å². The van der Waals surface area contributed by atoms with E-state index in [1.807, 2.05) is 12.1 Å². The van der Waals surface area contributed by atoms with Gasteiger partial charge in [-0.3, -0.25) is 0 Å².